The maximum Gasteiger partial charge on any atom is 0.243 e. The monoisotopic (exact) mass is 477 g/mol. The molecule has 0 spiro atoms. The summed E-state index contributed by atoms with van der Waals surface area (Å²) in [5.41, 5.74) is 4.21. The van der Waals surface area contributed by atoms with Crippen molar-refractivity contribution in [1.82, 2.24) is 20.0 Å². The highest BCUT2D eigenvalue weighted by atomic mass is 16.2. The van der Waals surface area contributed by atoms with Gasteiger partial charge in [0.2, 0.25) is 17.7 Å². The third-order valence-electron chi connectivity index (χ3n) is 6.89. The van der Waals surface area contributed by atoms with Crippen LogP contribution in [0.2, 0.25) is 0 Å². The van der Waals surface area contributed by atoms with Crippen molar-refractivity contribution in [2.24, 2.45) is 0 Å². The first kappa shape index (κ1) is 24.9. The van der Waals surface area contributed by atoms with Crippen LogP contribution in [0.25, 0.3) is 0 Å². The predicted molar refractivity (Wildman–Crippen MR) is 136 cm³/mol. The number of piperazine rings is 2. The minimum Gasteiger partial charge on any atom is -0.353 e. The molecule has 3 amide bonds. The van der Waals surface area contributed by atoms with Crippen LogP contribution in [0.15, 0.2) is 48.5 Å². The molecule has 2 saturated heterocycles. The van der Waals surface area contributed by atoms with Gasteiger partial charge >= 0.3 is 0 Å². The number of hydrogen-bond acceptors (Lipinski definition) is 5. The lowest BCUT2D eigenvalue weighted by molar-refractivity contribution is -0.145. The van der Waals surface area contributed by atoms with Crippen molar-refractivity contribution in [2.45, 2.75) is 32.9 Å². The number of hydrogen-bond donors (Lipinski definition) is 2. The smallest absolute Gasteiger partial charge is 0.243 e. The molecule has 0 radical (unpaired) electrons. The van der Waals surface area contributed by atoms with Gasteiger partial charge in [0, 0.05) is 51.5 Å². The van der Waals surface area contributed by atoms with E-state index in [1.807, 2.05) is 38.1 Å². The summed E-state index contributed by atoms with van der Waals surface area (Å²) in [7, 11) is 0. The molecule has 8 nitrogen and oxygen atoms in total. The summed E-state index contributed by atoms with van der Waals surface area (Å²) in [6, 6.07) is 15.3. The molecule has 0 aromatic heterocycles. The number of carbonyl (C=O) groups is 3. The van der Waals surface area contributed by atoms with Gasteiger partial charge in [-0.25, -0.2) is 0 Å². The van der Waals surface area contributed by atoms with E-state index in [1.54, 1.807) is 4.90 Å². The Kier molecular flexibility index (Phi) is 8.15. The lowest BCUT2D eigenvalue weighted by atomic mass is 10.1. The van der Waals surface area contributed by atoms with Crippen molar-refractivity contribution in [1.29, 1.82) is 0 Å². The van der Waals surface area contributed by atoms with Crippen LogP contribution in [-0.4, -0.2) is 84.3 Å². The Morgan fingerprint density at radius 3 is 2.37 bits per heavy atom. The summed E-state index contributed by atoms with van der Waals surface area (Å²) in [5.74, 6) is -0.643. The Labute approximate surface area is 207 Å². The van der Waals surface area contributed by atoms with Gasteiger partial charge in [0.15, 0.2) is 0 Å². The number of amides is 3. The highest BCUT2D eigenvalue weighted by Gasteiger charge is 2.35. The summed E-state index contributed by atoms with van der Waals surface area (Å²) < 4.78 is 0. The van der Waals surface area contributed by atoms with Gasteiger partial charge in [0.25, 0.3) is 0 Å². The number of rotatable bonds is 7. The maximum absolute atomic E-state index is 13.2. The van der Waals surface area contributed by atoms with Crippen LogP contribution in [0.3, 0.4) is 0 Å². The van der Waals surface area contributed by atoms with Crippen molar-refractivity contribution in [3.05, 3.63) is 65.2 Å². The zero-order valence-corrected chi connectivity index (χ0v) is 20.6. The van der Waals surface area contributed by atoms with E-state index in [2.05, 4.69) is 44.7 Å². The van der Waals surface area contributed by atoms with Crippen LogP contribution in [-0.2, 0) is 20.9 Å². The fourth-order valence-electron chi connectivity index (χ4n) is 4.65. The zero-order chi connectivity index (χ0) is 24.8. The van der Waals surface area contributed by atoms with Gasteiger partial charge in [0.1, 0.15) is 6.04 Å². The molecule has 2 aliphatic rings. The van der Waals surface area contributed by atoms with Gasteiger partial charge in [-0.3, -0.25) is 24.2 Å². The van der Waals surface area contributed by atoms with Gasteiger partial charge < -0.3 is 15.5 Å². The van der Waals surface area contributed by atoms with Crippen molar-refractivity contribution in [2.75, 3.05) is 51.1 Å². The molecular weight excluding hydrogens is 442 g/mol. The van der Waals surface area contributed by atoms with Crippen molar-refractivity contribution >= 4 is 23.4 Å². The molecule has 4 rings (SSSR count). The highest BCUT2D eigenvalue weighted by molar-refractivity contribution is 5.97. The fraction of sp³-hybridized carbons (Fsp3) is 0.444. The molecule has 0 unspecified atom stereocenters. The van der Waals surface area contributed by atoms with E-state index in [1.165, 1.54) is 5.56 Å². The van der Waals surface area contributed by atoms with Gasteiger partial charge in [0.05, 0.1) is 13.0 Å². The quantitative estimate of drug-likeness (QED) is 0.635. The number of benzene rings is 2. The first-order valence-electron chi connectivity index (χ1n) is 12.3. The van der Waals surface area contributed by atoms with Crippen LogP contribution in [0, 0.1) is 13.8 Å². The molecule has 0 saturated carbocycles. The van der Waals surface area contributed by atoms with E-state index in [0.29, 0.717) is 18.8 Å². The molecule has 8 heteroatoms. The minimum absolute atomic E-state index is 0.0602. The second kappa shape index (κ2) is 11.5. The van der Waals surface area contributed by atoms with Crippen molar-refractivity contribution in [3.8, 4) is 0 Å². The Balaban J connectivity index is 1.30. The Hall–Kier alpha value is -3.23. The number of anilines is 1. The molecule has 2 heterocycles. The molecular formula is C27H35N5O3. The van der Waals surface area contributed by atoms with Gasteiger partial charge in [-0.05, 0) is 42.7 Å². The van der Waals surface area contributed by atoms with Crippen LogP contribution < -0.4 is 10.6 Å². The van der Waals surface area contributed by atoms with Crippen LogP contribution in [0.1, 0.15) is 23.1 Å². The zero-order valence-electron chi connectivity index (χ0n) is 20.6. The summed E-state index contributed by atoms with van der Waals surface area (Å²) in [6.07, 6.45) is -0.0602. The van der Waals surface area contributed by atoms with Crippen LogP contribution in [0.5, 0.6) is 0 Å². The molecule has 1 atom stereocenters. The molecule has 2 N–H and O–H groups in total. The lowest BCUT2D eigenvalue weighted by Crippen LogP contribution is -2.60. The average molecular weight is 478 g/mol. The number of nitrogens with one attached hydrogen (secondary N) is 2. The highest BCUT2D eigenvalue weighted by Crippen LogP contribution is 2.17. The van der Waals surface area contributed by atoms with E-state index in [-0.39, 0.29) is 30.7 Å². The number of carbonyl (C=O) groups excluding carboxylic acids is 3. The van der Waals surface area contributed by atoms with Crippen molar-refractivity contribution in [3.63, 3.8) is 0 Å². The Morgan fingerprint density at radius 1 is 0.943 bits per heavy atom. The third kappa shape index (κ3) is 6.68. The van der Waals surface area contributed by atoms with Gasteiger partial charge in [-0.1, -0.05) is 36.4 Å². The summed E-state index contributed by atoms with van der Waals surface area (Å²) in [6.45, 7) is 9.39. The second-order valence-electron chi connectivity index (χ2n) is 9.48. The van der Waals surface area contributed by atoms with Gasteiger partial charge in [-0.2, -0.15) is 0 Å². The van der Waals surface area contributed by atoms with E-state index in [9.17, 15) is 14.4 Å². The minimum atomic E-state index is -0.790. The predicted octanol–water partition coefficient (Wildman–Crippen LogP) is 1.78. The standard InChI is InChI=1S/C27H35N5O3/c1-20-8-9-23(16-21(20)2)29-25(33)17-24-27(35)28-10-11-32(24)26(34)19-31-14-12-30(13-15-31)18-22-6-4-3-5-7-22/h3-9,16,24H,10-15,17-19H2,1-2H3,(H,28,35)(H,29,33)/t24-/m0/s1. The molecule has 0 bridgehead atoms. The molecule has 0 aliphatic carbocycles. The summed E-state index contributed by atoms with van der Waals surface area (Å²) in [4.78, 5) is 44.6. The molecule has 2 aromatic carbocycles. The Morgan fingerprint density at radius 2 is 1.66 bits per heavy atom. The lowest BCUT2D eigenvalue weighted by Gasteiger charge is -2.38. The SMILES string of the molecule is Cc1ccc(NC(=O)C[C@H]2C(=O)NCCN2C(=O)CN2CCN(Cc3ccccc3)CC2)cc1C. The van der Waals surface area contributed by atoms with E-state index in [4.69, 9.17) is 0 Å². The molecule has 2 fully saturated rings. The average Bonchev–Trinajstić information content (AvgIpc) is 2.84. The number of nitrogens with zero attached hydrogens (tertiary/aromatic N) is 3. The first-order valence-corrected chi connectivity index (χ1v) is 12.3. The second-order valence-corrected chi connectivity index (χ2v) is 9.48. The van der Waals surface area contributed by atoms with E-state index >= 15 is 0 Å². The van der Waals surface area contributed by atoms with Crippen molar-refractivity contribution < 1.29 is 14.4 Å². The summed E-state index contributed by atoms with van der Waals surface area (Å²) >= 11 is 0. The van der Waals surface area contributed by atoms with E-state index < -0.39 is 6.04 Å². The summed E-state index contributed by atoms with van der Waals surface area (Å²) in [5, 5.41) is 5.67. The van der Waals surface area contributed by atoms with Gasteiger partial charge in [-0.15, -0.1) is 0 Å². The maximum atomic E-state index is 13.2. The molecule has 186 valence electrons. The fourth-order valence-corrected chi connectivity index (χ4v) is 4.65. The molecule has 35 heavy (non-hydrogen) atoms. The Bertz CT molecular complexity index is 1050. The normalized spacial score (nSPS) is 19.3. The topological polar surface area (TPSA) is 85.0 Å². The molecule has 2 aromatic rings. The number of aryl methyl sites for hydroxylation is 2. The largest absolute Gasteiger partial charge is 0.353 e. The first-order chi connectivity index (χ1) is 16.9. The van der Waals surface area contributed by atoms with Crippen LogP contribution in [0.4, 0.5) is 5.69 Å². The van der Waals surface area contributed by atoms with Crippen LogP contribution >= 0.6 is 0 Å². The van der Waals surface area contributed by atoms with E-state index in [0.717, 1.165) is 43.9 Å². The third-order valence-corrected chi connectivity index (χ3v) is 6.89. The molecule has 2 aliphatic heterocycles.